The van der Waals surface area contributed by atoms with Gasteiger partial charge in [-0.3, -0.25) is 4.79 Å². The summed E-state index contributed by atoms with van der Waals surface area (Å²) in [7, 11) is 1.63. The highest BCUT2D eigenvalue weighted by Crippen LogP contribution is 2.21. The van der Waals surface area contributed by atoms with E-state index in [0.29, 0.717) is 0 Å². The van der Waals surface area contributed by atoms with Crippen LogP contribution in [0.2, 0.25) is 0 Å². The molecule has 0 aromatic heterocycles. The number of nitrogens with one attached hydrogen (secondary N) is 2. The minimum Gasteiger partial charge on any atom is -0.373 e. The Balaban J connectivity index is 2.69. The molecule has 0 fully saturated rings. The summed E-state index contributed by atoms with van der Waals surface area (Å²) in [6, 6.07) is 7.46. The third-order valence-electron chi connectivity index (χ3n) is 1.89. The fraction of sp³-hybridized carbons (Fsp3) is 0.300. The van der Waals surface area contributed by atoms with Crippen molar-refractivity contribution in [2.75, 3.05) is 12.4 Å². The molecule has 14 heavy (non-hydrogen) atoms. The molecule has 0 radical (unpaired) electrons. The lowest BCUT2D eigenvalue weighted by Gasteiger charge is -2.14. The summed E-state index contributed by atoms with van der Waals surface area (Å²) < 4.78 is 0.954. The number of rotatable bonds is 3. The Bertz CT molecular complexity index is 328. The molecule has 1 amide bonds. The zero-order valence-corrected chi connectivity index (χ0v) is 9.76. The largest absolute Gasteiger partial charge is 0.373 e. The Kier molecular flexibility index (Phi) is 3.95. The summed E-state index contributed by atoms with van der Waals surface area (Å²) in [4.78, 5) is 11.2. The molecule has 0 bridgehead atoms. The van der Waals surface area contributed by atoms with Crippen LogP contribution in [0.5, 0.6) is 0 Å². The maximum absolute atomic E-state index is 11.2. The summed E-state index contributed by atoms with van der Waals surface area (Å²) in [6.45, 7) is 1.82. The molecule has 2 N–H and O–H groups in total. The molecular formula is C10H13BrN2O. The minimum atomic E-state index is -0.237. The molecule has 1 aromatic rings. The predicted molar refractivity (Wildman–Crippen MR) is 61.3 cm³/mol. The van der Waals surface area contributed by atoms with Crippen LogP contribution < -0.4 is 10.6 Å². The number of carbonyl (C=O) groups excluding carboxylic acids is 1. The SMILES string of the molecule is CNC(=O)C(C)Nc1ccccc1Br. The fourth-order valence-electron chi connectivity index (χ4n) is 1.09. The lowest BCUT2D eigenvalue weighted by atomic mass is 10.2. The van der Waals surface area contributed by atoms with Crippen molar-refractivity contribution in [3.63, 3.8) is 0 Å². The van der Waals surface area contributed by atoms with E-state index in [9.17, 15) is 4.79 Å². The van der Waals surface area contributed by atoms with Crippen LogP contribution in [0.15, 0.2) is 28.7 Å². The number of amides is 1. The van der Waals surface area contributed by atoms with Crippen LogP contribution in [0.3, 0.4) is 0 Å². The van der Waals surface area contributed by atoms with E-state index in [4.69, 9.17) is 0 Å². The molecule has 0 aliphatic carbocycles. The average Bonchev–Trinajstić information content (AvgIpc) is 2.20. The molecule has 4 heteroatoms. The number of anilines is 1. The topological polar surface area (TPSA) is 41.1 Å². The van der Waals surface area contributed by atoms with E-state index in [2.05, 4.69) is 26.6 Å². The van der Waals surface area contributed by atoms with Crippen molar-refractivity contribution in [3.8, 4) is 0 Å². The number of carbonyl (C=O) groups is 1. The van der Waals surface area contributed by atoms with Gasteiger partial charge in [0.05, 0.1) is 0 Å². The molecule has 1 rings (SSSR count). The van der Waals surface area contributed by atoms with Gasteiger partial charge in [-0.2, -0.15) is 0 Å². The molecule has 3 nitrogen and oxygen atoms in total. The third kappa shape index (κ3) is 2.73. The van der Waals surface area contributed by atoms with E-state index >= 15 is 0 Å². The van der Waals surface area contributed by atoms with Gasteiger partial charge in [0, 0.05) is 17.2 Å². The van der Waals surface area contributed by atoms with Gasteiger partial charge in [0.25, 0.3) is 0 Å². The molecule has 0 heterocycles. The van der Waals surface area contributed by atoms with Gasteiger partial charge in [-0.25, -0.2) is 0 Å². The van der Waals surface area contributed by atoms with Gasteiger partial charge in [0.1, 0.15) is 6.04 Å². The first-order valence-corrected chi connectivity index (χ1v) is 5.17. The monoisotopic (exact) mass is 256 g/mol. The van der Waals surface area contributed by atoms with Crippen molar-refractivity contribution in [3.05, 3.63) is 28.7 Å². The standard InChI is InChI=1S/C10H13BrN2O/c1-7(10(14)12-2)13-9-6-4-3-5-8(9)11/h3-7,13H,1-2H3,(H,12,14). The second kappa shape index (κ2) is 5.00. The van der Waals surface area contributed by atoms with E-state index in [-0.39, 0.29) is 11.9 Å². The number of benzene rings is 1. The summed E-state index contributed by atoms with van der Waals surface area (Å²) in [5.41, 5.74) is 0.920. The van der Waals surface area contributed by atoms with Gasteiger partial charge in [0.15, 0.2) is 0 Å². The third-order valence-corrected chi connectivity index (χ3v) is 2.58. The lowest BCUT2D eigenvalue weighted by molar-refractivity contribution is -0.121. The van der Waals surface area contributed by atoms with E-state index < -0.39 is 0 Å². The number of halogens is 1. The van der Waals surface area contributed by atoms with Crippen molar-refractivity contribution in [2.24, 2.45) is 0 Å². The molecule has 0 aliphatic heterocycles. The van der Waals surface area contributed by atoms with Crippen LogP contribution in [0.1, 0.15) is 6.92 Å². The Morgan fingerprint density at radius 1 is 1.43 bits per heavy atom. The minimum absolute atomic E-state index is 0.0271. The Labute approximate surface area is 92.0 Å². The molecule has 0 aliphatic rings. The quantitative estimate of drug-likeness (QED) is 0.869. The number of hydrogen-bond acceptors (Lipinski definition) is 2. The fourth-order valence-corrected chi connectivity index (χ4v) is 1.49. The Morgan fingerprint density at radius 2 is 2.07 bits per heavy atom. The number of hydrogen-bond donors (Lipinski definition) is 2. The number of para-hydroxylation sites is 1. The van der Waals surface area contributed by atoms with Gasteiger partial charge >= 0.3 is 0 Å². The van der Waals surface area contributed by atoms with Crippen LogP contribution in [-0.2, 0) is 4.79 Å². The summed E-state index contributed by atoms with van der Waals surface area (Å²) in [6.07, 6.45) is 0. The first-order chi connectivity index (χ1) is 6.65. The van der Waals surface area contributed by atoms with Gasteiger partial charge in [-0.1, -0.05) is 12.1 Å². The van der Waals surface area contributed by atoms with Crippen LogP contribution >= 0.6 is 15.9 Å². The molecular weight excluding hydrogens is 244 g/mol. The van der Waals surface area contributed by atoms with E-state index in [1.807, 2.05) is 31.2 Å². The van der Waals surface area contributed by atoms with Crippen molar-refractivity contribution in [1.29, 1.82) is 0 Å². The van der Waals surface area contributed by atoms with Gasteiger partial charge in [-0.15, -0.1) is 0 Å². The zero-order chi connectivity index (χ0) is 10.6. The van der Waals surface area contributed by atoms with Gasteiger partial charge in [0.2, 0.25) is 5.91 Å². The second-order valence-electron chi connectivity index (χ2n) is 2.96. The zero-order valence-electron chi connectivity index (χ0n) is 8.17. The molecule has 0 saturated carbocycles. The van der Waals surface area contributed by atoms with Crippen molar-refractivity contribution in [1.82, 2.24) is 5.32 Å². The summed E-state index contributed by atoms with van der Waals surface area (Å²) >= 11 is 3.40. The van der Waals surface area contributed by atoms with Crippen LogP contribution in [0.4, 0.5) is 5.69 Å². The number of likely N-dealkylation sites (N-methyl/N-ethyl adjacent to an activating group) is 1. The Morgan fingerprint density at radius 3 is 2.64 bits per heavy atom. The summed E-state index contributed by atoms with van der Waals surface area (Å²) in [5, 5.41) is 5.69. The van der Waals surface area contributed by atoms with Crippen LogP contribution in [0.25, 0.3) is 0 Å². The molecule has 1 unspecified atom stereocenters. The van der Waals surface area contributed by atoms with E-state index in [0.717, 1.165) is 10.2 Å². The highest BCUT2D eigenvalue weighted by molar-refractivity contribution is 9.10. The van der Waals surface area contributed by atoms with E-state index in [1.54, 1.807) is 7.05 Å². The second-order valence-corrected chi connectivity index (χ2v) is 3.81. The average molecular weight is 257 g/mol. The van der Waals surface area contributed by atoms with Crippen LogP contribution in [-0.4, -0.2) is 19.0 Å². The van der Waals surface area contributed by atoms with Crippen LogP contribution in [0, 0.1) is 0 Å². The highest BCUT2D eigenvalue weighted by atomic mass is 79.9. The maximum Gasteiger partial charge on any atom is 0.241 e. The molecule has 0 spiro atoms. The van der Waals surface area contributed by atoms with E-state index in [1.165, 1.54) is 0 Å². The normalized spacial score (nSPS) is 11.9. The first kappa shape index (κ1) is 11.0. The first-order valence-electron chi connectivity index (χ1n) is 4.38. The maximum atomic E-state index is 11.2. The van der Waals surface area contributed by atoms with Gasteiger partial charge < -0.3 is 10.6 Å². The van der Waals surface area contributed by atoms with Crippen molar-refractivity contribution < 1.29 is 4.79 Å². The molecule has 76 valence electrons. The molecule has 1 aromatic carbocycles. The Hall–Kier alpha value is -1.03. The molecule has 0 saturated heterocycles. The van der Waals surface area contributed by atoms with Gasteiger partial charge in [-0.05, 0) is 35.0 Å². The lowest BCUT2D eigenvalue weighted by Crippen LogP contribution is -2.35. The molecule has 1 atom stereocenters. The van der Waals surface area contributed by atoms with Crippen molar-refractivity contribution >= 4 is 27.5 Å². The highest BCUT2D eigenvalue weighted by Gasteiger charge is 2.10. The summed E-state index contributed by atoms with van der Waals surface area (Å²) in [5.74, 6) is -0.0271. The predicted octanol–water partition coefficient (Wildman–Crippen LogP) is 2.00. The van der Waals surface area contributed by atoms with Crippen molar-refractivity contribution in [2.45, 2.75) is 13.0 Å². The smallest absolute Gasteiger partial charge is 0.241 e.